The molecule has 0 aromatic carbocycles. The van der Waals surface area contributed by atoms with Gasteiger partial charge in [0.05, 0.1) is 24.0 Å². The molecule has 10 nitrogen and oxygen atoms in total. The summed E-state index contributed by atoms with van der Waals surface area (Å²) in [6.45, 7) is 5.82. The minimum Gasteiger partial charge on any atom is -0.477 e. The molecule has 7 atom stereocenters. The van der Waals surface area contributed by atoms with E-state index in [1.165, 1.54) is 21.6 Å². The Morgan fingerprint density at radius 2 is 1.97 bits per heavy atom. The maximum absolute atomic E-state index is 12.9. The molecule has 3 rings (SSSR count). The lowest BCUT2D eigenvalue weighted by atomic mass is 9.78. The summed E-state index contributed by atoms with van der Waals surface area (Å²) < 4.78 is 0. The largest absolute Gasteiger partial charge is 0.477 e. The fourth-order valence-electron chi connectivity index (χ4n) is 4.61. The van der Waals surface area contributed by atoms with E-state index in [1.54, 1.807) is 27.9 Å². The van der Waals surface area contributed by atoms with Gasteiger partial charge in [-0.3, -0.25) is 14.4 Å². The molecule has 172 valence electrons. The quantitative estimate of drug-likeness (QED) is 0.365. The number of aliphatic carboxylic acids is 1. The third-order valence-corrected chi connectivity index (χ3v) is 7.75. The van der Waals surface area contributed by atoms with Crippen LogP contribution in [0.2, 0.25) is 0 Å². The minimum absolute atomic E-state index is 0.00670. The molecule has 0 aromatic heterocycles. The molecule has 5 N–H and O–H groups in total. The maximum atomic E-state index is 12.9. The predicted molar refractivity (Wildman–Crippen MR) is 116 cm³/mol. The van der Waals surface area contributed by atoms with E-state index in [0.29, 0.717) is 17.9 Å². The summed E-state index contributed by atoms with van der Waals surface area (Å²) in [4.78, 5) is 52.7. The molecule has 3 amide bonds. The van der Waals surface area contributed by atoms with E-state index in [4.69, 9.17) is 5.73 Å². The van der Waals surface area contributed by atoms with Gasteiger partial charge in [-0.25, -0.2) is 4.79 Å². The van der Waals surface area contributed by atoms with Crippen molar-refractivity contribution in [3.8, 4) is 0 Å². The number of nitrogens with one attached hydrogen (secondary N) is 2. The van der Waals surface area contributed by atoms with E-state index in [9.17, 15) is 24.3 Å². The van der Waals surface area contributed by atoms with Gasteiger partial charge >= 0.3 is 5.97 Å². The number of likely N-dealkylation sites (N-methyl/N-ethyl adjacent to an activating group) is 1. The standard InChI is InChI=1S/C20H31N5O5S/c1-8-14-13(10(3)23-17(26)9(2)21)19(28)25(14)15(20(29)30)16(8)31-11-6-12(22-7-11)18(27)24(4)5/h8-14,22H,6-7,21H2,1-5H3,(H,23,26)(H,29,30)/t8-,9+,10-,11+,12+,13-,14-/m1/s1. The Hall–Kier alpha value is -2.11. The first-order chi connectivity index (χ1) is 14.5. The van der Waals surface area contributed by atoms with Crippen molar-refractivity contribution in [2.24, 2.45) is 17.6 Å². The fraction of sp³-hybridized carbons (Fsp3) is 0.700. The number of carboxylic acids is 1. The number of rotatable bonds is 7. The molecule has 3 heterocycles. The molecule has 0 saturated carbocycles. The van der Waals surface area contributed by atoms with Crippen molar-refractivity contribution < 1.29 is 24.3 Å². The molecule has 3 aliphatic heterocycles. The zero-order chi connectivity index (χ0) is 23.2. The van der Waals surface area contributed by atoms with Gasteiger partial charge in [0.1, 0.15) is 5.70 Å². The Morgan fingerprint density at radius 1 is 1.32 bits per heavy atom. The van der Waals surface area contributed by atoms with Crippen molar-refractivity contribution in [2.75, 3.05) is 20.6 Å². The highest BCUT2D eigenvalue weighted by molar-refractivity contribution is 8.03. The third kappa shape index (κ3) is 4.18. The predicted octanol–water partition coefficient (Wildman–Crippen LogP) is -0.837. The second-order valence-electron chi connectivity index (χ2n) is 8.79. The van der Waals surface area contributed by atoms with Crippen LogP contribution in [0.25, 0.3) is 0 Å². The maximum Gasteiger partial charge on any atom is 0.353 e. The number of hydrogen-bond acceptors (Lipinski definition) is 7. The molecule has 31 heavy (non-hydrogen) atoms. The molecule has 3 aliphatic rings. The van der Waals surface area contributed by atoms with E-state index >= 15 is 0 Å². The lowest BCUT2D eigenvalue weighted by Gasteiger charge is -2.47. The number of thioether (sulfide) groups is 1. The first kappa shape index (κ1) is 23.6. The Bertz CT molecular complexity index is 829. The van der Waals surface area contributed by atoms with Gasteiger partial charge in [-0.1, -0.05) is 6.92 Å². The van der Waals surface area contributed by atoms with Crippen LogP contribution in [0.5, 0.6) is 0 Å². The lowest BCUT2D eigenvalue weighted by molar-refractivity contribution is -0.158. The molecule has 0 bridgehead atoms. The second kappa shape index (κ2) is 8.79. The zero-order valence-corrected chi connectivity index (χ0v) is 19.2. The van der Waals surface area contributed by atoms with E-state index in [0.717, 1.165) is 0 Å². The number of β-lactam (4-membered cyclic amide) rings is 1. The van der Waals surface area contributed by atoms with Crippen molar-refractivity contribution in [1.82, 2.24) is 20.4 Å². The molecule has 2 fully saturated rings. The average molecular weight is 454 g/mol. The van der Waals surface area contributed by atoms with Crippen LogP contribution in [0, 0.1) is 11.8 Å². The highest BCUT2D eigenvalue weighted by atomic mass is 32.2. The molecule has 0 unspecified atom stereocenters. The van der Waals surface area contributed by atoms with Gasteiger partial charge in [0.2, 0.25) is 17.7 Å². The summed E-state index contributed by atoms with van der Waals surface area (Å²) in [6, 6.07) is -1.76. The van der Waals surface area contributed by atoms with Gasteiger partial charge in [0, 0.05) is 42.8 Å². The molecular formula is C20H31N5O5S. The lowest BCUT2D eigenvalue weighted by Crippen LogP contribution is -2.66. The molecule has 2 saturated heterocycles. The number of hydrogen-bond donors (Lipinski definition) is 4. The van der Waals surface area contributed by atoms with Gasteiger partial charge in [-0.15, -0.1) is 11.8 Å². The summed E-state index contributed by atoms with van der Waals surface area (Å²) >= 11 is 1.44. The minimum atomic E-state index is -1.14. The SMILES string of the molecule is C[C@H](N)C(=O)N[C@H](C)[C@H]1C(=O)N2C(C(=O)O)=C(S[C@@H]3CN[C@H](C(=O)N(C)C)C3)[C@H](C)[C@H]12. The van der Waals surface area contributed by atoms with E-state index in [2.05, 4.69) is 10.6 Å². The van der Waals surface area contributed by atoms with Crippen molar-refractivity contribution in [1.29, 1.82) is 0 Å². The summed E-state index contributed by atoms with van der Waals surface area (Å²) in [5.41, 5.74) is 5.63. The summed E-state index contributed by atoms with van der Waals surface area (Å²) in [5, 5.41) is 15.8. The van der Waals surface area contributed by atoms with Gasteiger partial charge in [-0.2, -0.15) is 0 Å². The van der Waals surface area contributed by atoms with Crippen LogP contribution < -0.4 is 16.4 Å². The first-order valence-electron chi connectivity index (χ1n) is 10.4. The van der Waals surface area contributed by atoms with Crippen LogP contribution in [0.1, 0.15) is 27.2 Å². The zero-order valence-electron chi connectivity index (χ0n) is 18.4. The summed E-state index contributed by atoms with van der Waals surface area (Å²) in [6.07, 6.45) is 0.591. The Morgan fingerprint density at radius 3 is 2.52 bits per heavy atom. The van der Waals surface area contributed by atoms with Crippen LogP contribution in [-0.4, -0.2) is 88.7 Å². The fourth-order valence-corrected chi connectivity index (χ4v) is 6.09. The van der Waals surface area contributed by atoms with Crippen LogP contribution in [0.4, 0.5) is 0 Å². The molecular weight excluding hydrogens is 422 g/mol. The van der Waals surface area contributed by atoms with Gasteiger partial charge in [-0.05, 0) is 20.3 Å². The first-order valence-corrected chi connectivity index (χ1v) is 11.3. The number of amides is 3. The topological polar surface area (TPSA) is 145 Å². The molecule has 0 spiro atoms. The Kier molecular flexibility index (Phi) is 6.68. The summed E-state index contributed by atoms with van der Waals surface area (Å²) in [5.74, 6) is -2.48. The number of fused-ring (bicyclic) bond motifs is 1. The second-order valence-corrected chi connectivity index (χ2v) is 10.1. The van der Waals surface area contributed by atoms with Crippen LogP contribution in [-0.2, 0) is 19.2 Å². The van der Waals surface area contributed by atoms with E-state index in [-0.39, 0.29) is 46.7 Å². The number of nitrogens with two attached hydrogens (primary N) is 1. The van der Waals surface area contributed by atoms with E-state index in [1.807, 2.05) is 6.92 Å². The Balaban J connectivity index is 1.75. The Labute approximate surface area is 185 Å². The number of carboxylic acid groups (broad SMARTS) is 1. The van der Waals surface area contributed by atoms with Crippen molar-refractivity contribution in [3.05, 3.63) is 10.6 Å². The molecule has 0 radical (unpaired) electrons. The van der Waals surface area contributed by atoms with Gasteiger partial charge in [0.15, 0.2) is 0 Å². The van der Waals surface area contributed by atoms with Crippen molar-refractivity contribution >= 4 is 35.5 Å². The number of carbonyl (C=O) groups excluding carboxylic acids is 3. The number of nitrogens with zero attached hydrogens (tertiary/aromatic N) is 2. The molecule has 11 heteroatoms. The van der Waals surface area contributed by atoms with Gasteiger partial charge < -0.3 is 31.3 Å². The molecule has 0 aliphatic carbocycles. The normalized spacial score (nSPS) is 31.7. The number of carbonyl (C=O) groups is 4. The van der Waals surface area contributed by atoms with Crippen LogP contribution >= 0.6 is 11.8 Å². The highest BCUT2D eigenvalue weighted by Gasteiger charge is 2.60. The summed E-state index contributed by atoms with van der Waals surface area (Å²) in [7, 11) is 3.41. The smallest absolute Gasteiger partial charge is 0.353 e. The average Bonchev–Trinajstić information content (AvgIpc) is 3.23. The van der Waals surface area contributed by atoms with Crippen LogP contribution in [0.3, 0.4) is 0 Å². The third-order valence-electron chi connectivity index (χ3n) is 6.24. The van der Waals surface area contributed by atoms with Gasteiger partial charge in [0.25, 0.3) is 0 Å². The van der Waals surface area contributed by atoms with Crippen molar-refractivity contribution in [2.45, 2.75) is 56.6 Å². The van der Waals surface area contributed by atoms with Crippen molar-refractivity contribution in [3.63, 3.8) is 0 Å². The van der Waals surface area contributed by atoms with E-state index < -0.39 is 24.0 Å². The highest BCUT2D eigenvalue weighted by Crippen LogP contribution is 2.51. The van der Waals surface area contributed by atoms with Crippen LogP contribution in [0.15, 0.2) is 10.6 Å². The molecule has 0 aromatic rings. The monoisotopic (exact) mass is 453 g/mol.